The molecule has 0 atom stereocenters. The Kier molecular flexibility index (Phi) is 4.67. The minimum atomic E-state index is -1.98. The van der Waals surface area contributed by atoms with Crippen LogP contribution >= 0.6 is 0 Å². The molecule has 1 aromatic carbocycles. The molecular weight excluding hydrogens is 248 g/mol. The van der Waals surface area contributed by atoms with Crippen molar-refractivity contribution in [3.8, 4) is 0 Å². The molecule has 98 valence electrons. The van der Waals surface area contributed by atoms with Gasteiger partial charge in [-0.05, 0) is 38.7 Å². The first-order chi connectivity index (χ1) is 8.35. The van der Waals surface area contributed by atoms with E-state index in [2.05, 4.69) is 0 Å². The maximum atomic E-state index is 12.0. The minimum absolute atomic E-state index is 0.252. The van der Waals surface area contributed by atoms with E-state index in [0.717, 1.165) is 0 Å². The van der Waals surface area contributed by atoms with Crippen molar-refractivity contribution in [2.45, 2.75) is 26.6 Å². The number of esters is 1. The molecule has 1 aromatic rings. The fraction of sp³-hybridized carbons (Fsp3) is 0.385. The van der Waals surface area contributed by atoms with Crippen molar-refractivity contribution >= 4 is 20.3 Å². The first-order valence-corrected chi connectivity index (χ1v) is 9.25. The molecule has 0 aromatic heterocycles. The number of carbonyl (C=O) groups excluding carboxylic acids is 2. The first kappa shape index (κ1) is 14.4. The van der Waals surface area contributed by atoms with Crippen molar-refractivity contribution in [3.05, 3.63) is 35.4 Å². The molecule has 0 N–H and O–H groups in total. The van der Waals surface area contributed by atoms with Crippen LogP contribution in [0.25, 0.3) is 0 Å². The average molecular weight is 266 g/mol. The molecule has 0 unspecified atom stereocenters. The summed E-state index contributed by atoms with van der Waals surface area (Å²) in [7, 11) is -1.98. The van der Waals surface area contributed by atoms with Crippen molar-refractivity contribution in [1.82, 2.24) is 0 Å². The minimum Gasteiger partial charge on any atom is -0.516 e. The normalized spacial score (nSPS) is 10.9. The van der Waals surface area contributed by atoms with Gasteiger partial charge in [0.15, 0.2) is 0 Å². The summed E-state index contributed by atoms with van der Waals surface area (Å²) in [4.78, 5) is 23.7. The quantitative estimate of drug-likeness (QED) is 0.621. The van der Waals surface area contributed by atoms with E-state index in [1.165, 1.54) is 0 Å². The number of benzene rings is 1. The summed E-state index contributed by atoms with van der Waals surface area (Å²) in [6.07, 6.45) is 0. The van der Waals surface area contributed by atoms with Gasteiger partial charge in [-0.2, -0.15) is 0 Å². The number of carbonyl (C=O) groups is 2. The van der Waals surface area contributed by atoms with Crippen LogP contribution in [-0.2, 0) is 9.16 Å². The summed E-state index contributed by atoms with van der Waals surface area (Å²) in [6.45, 7) is 7.74. The van der Waals surface area contributed by atoms with E-state index in [0.29, 0.717) is 0 Å². The molecule has 0 bridgehead atoms. The zero-order valence-electron chi connectivity index (χ0n) is 11.1. The van der Waals surface area contributed by atoms with E-state index in [1.807, 2.05) is 19.6 Å². The third-order valence-electron chi connectivity index (χ3n) is 2.04. The summed E-state index contributed by atoms with van der Waals surface area (Å²) in [5.74, 6) is -0.960. The molecule has 0 fully saturated rings. The van der Waals surface area contributed by atoms with Crippen LogP contribution in [0.15, 0.2) is 24.3 Å². The number of hydrogen-bond acceptors (Lipinski definition) is 4. The largest absolute Gasteiger partial charge is 0.516 e. The van der Waals surface area contributed by atoms with E-state index in [9.17, 15) is 9.59 Å². The highest BCUT2D eigenvalue weighted by atomic mass is 28.4. The Labute approximate surface area is 108 Å². The molecule has 0 saturated carbocycles. The molecular formula is C13H18O4Si. The predicted octanol–water partition coefficient (Wildman–Crippen LogP) is 2.86. The van der Waals surface area contributed by atoms with Gasteiger partial charge in [0.25, 0.3) is 0 Å². The molecule has 1 rings (SSSR count). The van der Waals surface area contributed by atoms with Gasteiger partial charge in [-0.25, -0.2) is 9.59 Å². The zero-order valence-corrected chi connectivity index (χ0v) is 12.1. The zero-order chi connectivity index (χ0) is 13.8. The maximum absolute atomic E-state index is 12.0. The van der Waals surface area contributed by atoms with Crippen molar-refractivity contribution in [2.75, 3.05) is 6.61 Å². The molecule has 0 aliphatic carbocycles. The second-order valence-corrected chi connectivity index (χ2v) is 9.20. The SMILES string of the molecule is CCOC(=O)c1ccccc1C(=O)O[Si](C)(C)C. The standard InChI is InChI=1S/C13H18O4Si/c1-5-16-12(14)10-8-6-7-9-11(10)13(15)17-18(2,3)4/h6-9H,5H2,1-4H3. The second-order valence-electron chi connectivity index (χ2n) is 4.77. The molecule has 0 heterocycles. The van der Waals surface area contributed by atoms with Gasteiger partial charge in [-0.3, -0.25) is 0 Å². The Balaban J connectivity index is 3.02. The third-order valence-corrected chi connectivity index (χ3v) is 2.84. The van der Waals surface area contributed by atoms with Crippen LogP contribution in [0.1, 0.15) is 27.6 Å². The Morgan fingerprint density at radius 2 is 1.56 bits per heavy atom. The summed E-state index contributed by atoms with van der Waals surface area (Å²) >= 11 is 0. The van der Waals surface area contributed by atoms with Crippen LogP contribution in [0.3, 0.4) is 0 Å². The van der Waals surface area contributed by atoms with Gasteiger partial charge < -0.3 is 9.16 Å². The Morgan fingerprint density at radius 3 is 2.00 bits per heavy atom. The van der Waals surface area contributed by atoms with Crippen molar-refractivity contribution in [3.63, 3.8) is 0 Å². The smallest absolute Gasteiger partial charge is 0.338 e. The molecule has 0 spiro atoms. The van der Waals surface area contributed by atoms with Crippen LogP contribution < -0.4 is 0 Å². The molecule has 0 amide bonds. The van der Waals surface area contributed by atoms with Crippen LogP contribution in [0.4, 0.5) is 0 Å². The number of hydrogen-bond donors (Lipinski definition) is 0. The van der Waals surface area contributed by atoms with E-state index < -0.39 is 20.3 Å². The molecule has 0 aliphatic heterocycles. The van der Waals surface area contributed by atoms with Crippen LogP contribution in [0.2, 0.25) is 19.6 Å². The maximum Gasteiger partial charge on any atom is 0.338 e. The molecule has 0 radical (unpaired) electrons. The van der Waals surface area contributed by atoms with Crippen LogP contribution in [0, 0.1) is 0 Å². The first-order valence-electron chi connectivity index (χ1n) is 5.84. The fourth-order valence-corrected chi connectivity index (χ4v) is 2.05. The highest BCUT2D eigenvalue weighted by Crippen LogP contribution is 2.15. The molecule has 0 aliphatic rings. The lowest BCUT2D eigenvalue weighted by atomic mass is 10.1. The average Bonchev–Trinajstić information content (AvgIpc) is 2.27. The predicted molar refractivity (Wildman–Crippen MR) is 71.2 cm³/mol. The van der Waals surface area contributed by atoms with E-state index in [-0.39, 0.29) is 17.7 Å². The lowest BCUT2D eigenvalue weighted by Crippen LogP contribution is -2.30. The van der Waals surface area contributed by atoms with Gasteiger partial charge in [0.1, 0.15) is 0 Å². The summed E-state index contributed by atoms with van der Waals surface area (Å²) in [5, 5.41) is 0. The fourth-order valence-electron chi connectivity index (χ4n) is 1.38. The Morgan fingerprint density at radius 1 is 1.06 bits per heavy atom. The van der Waals surface area contributed by atoms with Crippen molar-refractivity contribution in [2.24, 2.45) is 0 Å². The second kappa shape index (κ2) is 5.82. The van der Waals surface area contributed by atoms with Gasteiger partial charge in [-0.15, -0.1) is 0 Å². The highest BCUT2D eigenvalue weighted by molar-refractivity contribution is 6.71. The van der Waals surface area contributed by atoms with Crippen molar-refractivity contribution in [1.29, 1.82) is 0 Å². The number of rotatable bonds is 4. The lowest BCUT2D eigenvalue weighted by molar-refractivity contribution is 0.0516. The topological polar surface area (TPSA) is 52.6 Å². The summed E-state index contributed by atoms with van der Waals surface area (Å²) in [5.41, 5.74) is 0.515. The molecule has 0 saturated heterocycles. The monoisotopic (exact) mass is 266 g/mol. The van der Waals surface area contributed by atoms with Gasteiger partial charge in [0, 0.05) is 0 Å². The summed E-state index contributed by atoms with van der Waals surface area (Å²) < 4.78 is 10.3. The van der Waals surface area contributed by atoms with E-state index in [4.69, 9.17) is 9.16 Å². The number of ether oxygens (including phenoxy) is 1. The molecule has 18 heavy (non-hydrogen) atoms. The van der Waals surface area contributed by atoms with Gasteiger partial charge >= 0.3 is 11.9 Å². The van der Waals surface area contributed by atoms with Crippen LogP contribution in [0.5, 0.6) is 0 Å². The van der Waals surface area contributed by atoms with Crippen molar-refractivity contribution < 1.29 is 18.8 Å². The van der Waals surface area contributed by atoms with Crippen LogP contribution in [-0.4, -0.2) is 26.9 Å². The third kappa shape index (κ3) is 3.99. The van der Waals surface area contributed by atoms with Gasteiger partial charge in [0.2, 0.25) is 8.32 Å². The van der Waals surface area contributed by atoms with Gasteiger partial charge in [-0.1, -0.05) is 12.1 Å². The highest BCUT2D eigenvalue weighted by Gasteiger charge is 2.24. The van der Waals surface area contributed by atoms with Gasteiger partial charge in [0.05, 0.1) is 17.7 Å². The lowest BCUT2D eigenvalue weighted by Gasteiger charge is -2.18. The molecule has 5 heteroatoms. The Hall–Kier alpha value is -1.62. The Bertz CT molecular complexity index is 449. The van der Waals surface area contributed by atoms with E-state index >= 15 is 0 Å². The molecule has 4 nitrogen and oxygen atoms in total. The van der Waals surface area contributed by atoms with E-state index in [1.54, 1.807) is 31.2 Å². The summed E-state index contributed by atoms with van der Waals surface area (Å²) in [6, 6.07) is 6.54.